The van der Waals surface area contributed by atoms with E-state index < -0.39 is 6.10 Å². The molecule has 2 aromatic carbocycles. The number of aliphatic hydroxyl groups excluding tert-OH is 1. The van der Waals surface area contributed by atoms with Crippen LogP contribution in [0.3, 0.4) is 0 Å². The quantitative estimate of drug-likeness (QED) is 0.452. The van der Waals surface area contributed by atoms with Crippen LogP contribution in [0, 0.1) is 6.92 Å². The first kappa shape index (κ1) is 24.3. The average Bonchev–Trinajstić information content (AvgIpc) is 3.67. The number of ether oxygens (including phenoxy) is 2. The Morgan fingerprint density at radius 1 is 1.11 bits per heavy atom. The summed E-state index contributed by atoms with van der Waals surface area (Å²) in [6, 6.07) is 17.9. The molecule has 1 aromatic heterocycles. The van der Waals surface area contributed by atoms with E-state index in [-0.39, 0.29) is 0 Å². The summed E-state index contributed by atoms with van der Waals surface area (Å²) in [7, 11) is 0. The molecule has 1 atom stereocenters. The third-order valence-corrected chi connectivity index (χ3v) is 6.86. The molecule has 2 fully saturated rings. The molecule has 0 bridgehead atoms. The van der Waals surface area contributed by atoms with E-state index in [9.17, 15) is 5.11 Å². The summed E-state index contributed by atoms with van der Waals surface area (Å²) in [5.41, 5.74) is 2.90. The van der Waals surface area contributed by atoms with Crippen LogP contribution >= 0.6 is 11.6 Å². The van der Waals surface area contributed by atoms with Gasteiger partial charge < -0.3 is 14.6 Å². The number of aliphatic hydroxyl groups is 1. The van der Waals surface area contributed by atoms with E-state index in [0.29, 0.717) is 42.3 Å². The lowest BCUT2D eigenvalue weighted by molar-refractivity contribution is 0.00545. The molecule has 0 amide bonds. The van der Waals surface area contributed by atoms with E-state index in [2.05, 4.69) is 9.80 Å². The van der Waals surface area contributed by atoms with Crippen LogP contribution in [0.5, 0.6) is 11.6 Å². The molecule has 2 aliphatic rings. The fourth-order valence-electron chi connectivity index (χ4n) is 4.58. The standard InChI is InChI=1S/C27H33ClN4O3/c1-20-26(19-31(22-9-10-22)18-24(33)17-30-13-15-34-16-14-30)27(35-25-11-7-21(28)8-12-25)32(29-20)23-5-3-2-4-6-23/h2-8,11-12,22,24,33H,9-10,13-19H2,1H3. The number of benzene rings is 2. The van der Waals surface area contributed by atoms with E-state index in [1.54, 1.807) is 0 Å². The van der Waals surface area contributed by atoms with Gasteiger partial charge >= 0.3 is 0 Å². The Morgan fingerprint density at radius 2 is 1.83 bits per heavy atom. The van der Waals surface area contributed by atoms with Crippen molar-refractivity contribution in [3.63, 3.8) is 0 Å². The molecular formula is C27H33ClN4O3. The lowest BCUT2D eigenvalue weighted by atomic mass is 10.2. The van der Waals surface area contributed by atoms with E-state index in [0.717, 1.165) is 56.1 Å². The summed E-state index contributed by atoms with van der Waals surface area (Å²) in [6.45, 7) is 7.22. The summed E-state index contributed by atoms with van der Waals surface area (Å²) in [4.78, 5) is 4.67. The van der Waals surface area contributed by atoms with E-state index >= 15 is 0 Å². The lowest BCUT2D eigenvalue weighted by Gasteiger charge is -2.31. The fourth-order valence-corrected chi connectivity index (χ4v) is 4.71. The zero-order valence-corrected chi connectivity index (χ0v) is 20.9. The first-order valence-electron chi connectivity index (χ1n) is 12.4. The number of aromatic nitrogens is 2. The van der Waals surface area contributed by atoms with Crippen LogP contribution in [0.15, 0.2) is 54.6 Å². The Labute approximate surface area is 211 Å². The minimum Gasteiger partial charge on any atom is -0.439 e. The van der Waals surface area contributed by atoms with Gasteiger partial charge in [0, 0.05) is 43.8 Å². The average molecular weight is 497 g/mol. The van der Waals surface area contributed by atoms with Crippen molar-refractivity contribution in [1.82, 2.24) is 19.6 Å². The van der Waals surface area contributed by atoms with Crippen LogP contribution in [0.2, 0.25) is 5.02 Å². The maximum absolute atomic E-state index is 10.9. The van der Waals surface area contributed by atoms with E-state index in [1.807, 2.05) is 66.2 Å². The van der Waals surface area contributed by atoms with Crippen LogP contribution in [-0.2, 0) is 11.3 Å². The molecule has 1 N–H and O–H groups in total. The van der Waals surface area contributed by atoms with Gasteiger partial charge in [0.05, 0.1) is 36.3 Å². The van der Waals surface area contributed by atoms with Gasteiger partial charge in [-0.15, -0.1) is 0 Å². The number of halogens is 1. The molecule has 1 aliphatic carbocycles. The van der Waals surface area contributed by atoms with E-state index in [1.165, 1.54) is 0 Å². The number of morpholine rings is 1. The SMILES string of the molecule is Cc1nn(-c2ccccc2)c(Oc2ccc(Cl)cc2)c1CN(CC(O)CN1CCOCC1)C1CC1. The topological polar surface area (TPSA) is 63.0 Å². The highest BCUT2D eigenvalue weighted by Gasteiger charge is 2.33. The fraction of sp³-hybridized carbons (Fsp3) is 0.444. The molecule has 35 heavy (non-hydrogen) atoms. The van der Waals surface area contributed by atoms with Crippen LogP contribution in [0.25, 0.3) is 5.69 Å². The Morgan fingerprint density at radius 3 is 2.51 bits per heavy atom. The summed E-state index contributed by atoms with van der Waals surface area (Å²) in [5.74, 6) is 1.40. The van der Waals surface area contributed by atoms with Crippen molar-refractivity contribution in [2.75, 3.05) is 39.4 Å². The van der Waals surface area contributed by atoms with Crippen LogP contribution < -0.4 is 4.74 Å². The molecule has 1 unspecified atom stereocenters. The maximum atomic E-state index is 10.9. The molecule has 186 valence electrons. The van der Waals surface area contributed by atoms with Crippen molar-refractivity contribution in [3.8, 4) is 17.3 Å². The number of β-amino-alcohol motifs (C(OH)–C–C–N with tert-alkyl or cyclic N) is 1. The zero-order chi connectivity index (χ0) is 24.2. The zero-order valence-electron chi connectivity index (χ0n) is 20.1. The second-order valence-electron chi connectivity index (χ2n) is 9.40. The van der Waals surface area contributed by atoms with Crippen molar-refractivity contribution in [3.05, 3.63) is 70.9 Å². The number of hydrogen-bond donors (Lipinski definition) is 1. The number of nitrogens with zero attached hydrogens (tertiary/aromatic N) is 4. The molecule has 0 radical (unpaired) electrons. The van der Waals surface area contributed by atoms with Crippen molar-refractivity contribution in [1.29, 1.82) is 0 Å². The van der Waals surface area contributed by atoms with Gasteiger partial charge in [-0.3, -0.25) is 9.80 Å². The van der Waals surface area contributed by atoms with Crippen LogP contribution in [0.1, 0.15) is 24.1 Å². The molecule has 5 rings (SSSR count). The predicted octanol–water partition coefficient (Wildman–Crippen LogP) is 4.28. The Balaban J connectivity index is 1.40. The summed E-state index contributed by atoms with van der Waals surface area (Å²) >= 11 is 6.09. The van der Waals surface area contributed by atoms with Crippen LogP contribution in [0.4, 0.5) is 0 Å². The highest BCUT2D eigenvalue weighted by molar-refractivity contribution is 6.30. The third-order valence-electron chi connectivity index (χ3n) is 6.61. The highest BCUT2D eigenvalue weighted by atomic mass is 35.5. The molecule has 1 saturated heterocycles. The Bertz CT molecular complexity index is 1100. The molecule has 3 aromatic rings. The molecule has 7 nitrogen and oxygen atoms in total. The highest BCUT2D eigenvalue weighted by Crippen LogP contribution is 2.35. The second-order valence-corrected chi connectivity index (χ2v) is 9.84. The van der Waals surface area contributed by atoms with Crippen molar-refractivity contribution >= 4 is 11.6 Å². The van der Waals surface area contributed by atoms with Gasteiger partial charge in [-0.25, -0.2) is 4.68 Å². The number of hydrogen-bond acceptors (Lipinski definition) is 6. The van der Waals surface area contributed by atoms with Gasteiger partial charge in [-0.1, -0.05) is 29.8 Å². The smallest absolute Gasteiger partial charge is 0.227 e. The van der Waals surface area contributed by atoms with Gasteiger partial charge in [-0.05, 0) is 56.2 Å². The van der Waals surface area contributed by atoms with Crippen molar-refractivity contribution in [2.45, 2.75) is 38.5 Å². The van der Waals surface area contributed by atoms with Gasteiger partial charge in [0.15, 0.2) is 0 Å². The van der Waals surface area contributed by atoms with Crippen molar-refractivity contribution in [2.24, 2.45) is 0 Å². The normalized spacial score (nSPS) is 17.6. The maximum Gasteiger partial charge on any atom is 0.227 e. The number of rotatable bonds is 10. The van der Waals surface area contributed by atoms with Crippen LogP contribution in [-0.4, -0.2) is 76.2 Å². The third kappa shape index (κ3) is 6.23. The molecule has 2 heterocycles. The minimum atomic E-state index is -0.418. The predicted molar refractivity (Wildman–Crippen MR) is 137 cm³/mol. The van der Waals surface area contributed by atoms with Gasteiger partial charge in [0.25, 0.3) is 0 Å². The van der Waals surface area contributed by atoms with Gasteiger partial charge in [-0.2, -0.15) is 5.10 Å². The lowest BCUT2D eigenvalue weighted by Crippen LogP contribution is -2.45. The first-order valence-corrected chi connectivity index (χ1v) is 12.7. The molecule has 8 heteroatoms. The largest absolute Gasteiger partial charge is 0.439 e. The minimum absolute atomic E-state index is 0.418. The molecule has 0 spiro atoms. The first-order chi connectivity index (χ1) is 17.1. The Hall–Kier alpha value is -2.42. The molecular weight excluding hydrogens is 464 g/mol. The molecule has 1 aliphatic heterocycles. The monoisotopic (exact) mass is 496 g/mol. The van der Waals surface area contributed by atoms with Gasteiger partial charge in [0.1, 0.15) is 5.75 Å². The summed E-state index contributed by atoms with van der Waals surface area (Å²) in [6.07, 6.45) is 1.89. The summed E-state index contributed by atoms with van der Waals surface area (Å²) in [5, 5.41) is 16.4. The Kier molecular flexibility index (Phi) is 7.70. The number of aryl methyl sites for hydroxylation is 1. The van der Waals surface area contributed by atoms with Crippen molar-refractivity contribution < 1.29 is 14.6 Å². The number of para-hydroxylation sites is 1. The van der Waals surface area contributed by atoms with Gasteiger partial charge in [0.2, 0.25) is 5.88 Å². The van der Waals surface area contributed by atoms with E-state index in [4.69, 9.17) is 26.2 Å². The second kappa shape index (κ2) is 11.1. The summed E-state index contributed by atoms with van der Waals surface area (Å²) < 4.78 is 13.7. The molecule has 1 saturated carbocycles.